The number of benzene rings is 2. The van der Waals surface area contributed by atoms with Gasteiger partial charge in [0.25, 0.3) is 0 Å². The fourth-order valence-electron chi connectivity index (χ4n) is 2.01. The fraction of sp³-hybridized carbons (Fsp3) is 0. The van der Waals surface area contributed by atoms with Crippen LogP contribution in [0.5, 0.6) is 0 Å². The quantitative estimate of drug-likeness (QED) is 0.761. The van der Waals surface area contributed by atoms with Crippen LogP contribution in [-0.2, 0) is 0 Å². The van der Waals surface area contributed by atoms with E-state index < -0.39 is 0 Å². The highest BCUT2D eigenvalue weighted by molar-refractivity contribution is 6.33. The normalized spacial score (nSPS) is 10.7. The summed E-state index contributed by atoms with van der Waals surface area (Å²) in [4.78, 5) is 0. The maximum Gasteiger partial charge on any atom is 0.127 e. The fourth-order valence-corrected chi connectivity index (χ4v) is 2.43. The van der Waals surface area contributed by atoms with Gasteiger partial charge in [-0.15, -0.1) is 0 Å². The number of nitrogens with zero attached hydrogens (tertiary/aromatic N) is 2. The van der Waals surface area contributed by atoms with Gasteiger partial charge >= 0.3 is 0 Å². The Morgan fingerprint density at radius 2 is 1.75 bits per heavy atom. The van der Waals surface area contributed by atoms with Crippen LogP contribution in [0.3, 0.4) is 0 Å². The number of hydrogen-bond donors (Lipinski definition) is 1. The van der Waals surface area contributed by atoms with Crippen LogP contribution in [0.15, 0.2) is 54.6 Å². The monoisotopic (exact) mass is 303 g/mol. The maximum absolute atomic E-state index is 6.18. The predicted octanol–water partition coefficient (Wildman–Crippen LogP) is 4.43. The molecule has 5 heteroatoms. The molecule has 0 saturated heterocycles. The molecule has 0 atom stereocenters. The summed E-state index contributed by atoms with van der Waals surface area (Å²) in [5.41, 5.74) is 8.42. The molecule has 0 fully saturated rings. The number of nitrogen functional groups attached to an aromatic ring is 1. The number of hydrogen-bond acceptors (Lipinski definition) is 2. The predicted molar refractivity (Wildman–Crippen MR) is 83.4 cm³/mol. The average Bonchev–Trinajstić information content (AvgIpc) is 2.81. The van der Waals surface area contributed by atoms with Crippen LogP contribution in [0.4, 0.5) is 5.82 Å². The molecule has 0 aliphatic carbocycles. The van der Waals surface area contributed by atoms with Crippen LogP contribution in [-0.4, -0.2) is 9.78 Å². The van der Waals surface area contributed by atoms with Crippen molar-refractivity contribution in [1.82, 2.24) is 9.78 Å². The highest BCUT2D eigenvalue weighted by Crippen LogP contribution is 2.29. The van der Waals surface area contributed by atoms with E-state index in [1.165, 1.54) is 0 Å². The van der Waals surface area contributed by atoms with E-state index in [9.17, 15) is 0 Å². The lowest BCUT2D eigenvalue weighted by Crippen LogP contribution is -2.01. The average molecular weight is 304 g/mol. The molecule has 0 bridgehead atoms. The second-order valence-electron chi connectivity index (χ2n) is 4.33. The smallest absolute Gasteiger partial charge is 0.127 e. The SMILES string of the molecule is Nc1cc(-c2ccccc2Cl)nn1-c1cccc(Cl)c1. The summed E-state index contributed by atoms with van der Waals surface area (Å²) in [5, 5.41) is 5.78. The van der Waals surface area contributed by atoms with Crippen molar-refractivity contribution < 1.29 is 0 Å². The molecular weight excluding hydrogens is 293 g/mol. The van der Waals surface area contributed by atoms with Crippen LogP contribution in [0.25, 0.3) is 16.9 Å². The van der Waals surface area contributed by atoms with E-state index in [1.54, 1.807) is 22.9 Å². The maximum atomic E-state index is 6.18. The minimum absolute atomic E-state index is 0.530. The van der Waals surface area contributed by atoms with Gasteiger partial charge in [0.05, 0.1) is 16.4 Å². The molecule has 100 valence electrons. The third-order valence-electron chi connectivity index (χ3n) is 2.94. The Labute approximate surface area is 126 Å². The zero-order valence-corrected chi connectivity index (χ0v) is 11.9. The van der Waals surface area contributed by atoms with Gasteiger partial charge in [-0.2, -0.15) is 5.10 Å². The number of nitrogens with two attached hydrogens (primary N) is 1. The van der Waals surface area contributed by atoms with Gasteiger partial charge in [-0.25, -0.2) is 4.68 Å². The second kappa shape index (κ2) is 5.19. The van der Waals surface area contributed by atoms with Gasteiger partial charge < -0.3 is 5.73 Å². The summed E-state index contributed by atoms with van der Waals surface area (Å²) in [6.45, 7) is 0. The van der Waals surface area contributed by atoms with Crippen molar-refractivity contribution in [3.63, 3.8) is 0 Å². The Morgan fingerprint density at radius 1 is 0.950 bits per heavy atom. The van der Waals surface area contributed by atoms with E-state index >= 15 is 0 Å². The summed E-state index contributed by atoms with van der Waals surface area (Å²) >= 11 is 12.2. The first kappa shape index (κ1) is 13.0. The lowest BCUT2D eigenvalue weighted by Gasteiger charge is -2.04. The number of rotatable bonds is 2. The molecule has 3 aromatic rings. The van der Waals surface area contributed by atoms with Gasteiger partial charge in [-0.1, -0.05) is 47.5 Å². The minimum Gasteiger partial charge on any atom is -0.384 e. The third kappa shape index (κ3) is 2.38. The number of halogens is 2. The molecule has 0 spiro atoms. The van der Waals surface area contributed by atoms with E-state index in [2.05, 4.69) is 5.10 Å². The van der Waals surface area contributed by atoms with Crippen LogP contribution >= 0.6 is 23.2 Å². The van der Waals surface area contributed by atoms with Crippen LogP contribution in [0.2, 0.25) is 10.0 Å². The van der Waals surface area contributed by atoms with Gasteiger partial charge in [0.15, 0.2) is 0 Å². The van der Waals surface area contributed by atoms with Gasteiger partial charge in [0, 0.05) is 16.7 Å². The summed E-state index contributed by atoms with van der Waals surface area (Å²) < 4.78 is 1.64. The molecule has 0 aliphatic rings. The molecule has 3 rings (SSSR count). The first-order chi connectivity index (χ1) is 9.65. The molecule has 0 aliphatic heterocycles. The van der Waals surface area contributed by atoms with Crippen molar-refractivity contribution in [3.05, 3.63) is 64.6 Å². The molecule has 3 nitrogen and oxygen atoms in total. The Morgan fingerprint density at radius 3 is 2.50 bits per heavy atom. The number of anilines is 1. The second-order valence-corrected chi connectivity index (χ2v) is 5.17. The van der Waals surface area contributed by atoms with E-state index in [-0.39, 0.29) is 0 Å². The molecule has 0 unspecified atom stereocenters. The molecule has 1 aromatic heterocycles. The molecule has 2 N–H and O–H groups in total. The lowest BCUT2D eigenvalue weighted by atomic mass is 10.1. The molecule has 0 amide bonds. The van der Waals surface area contributed by atoms with Crippen molar-refractivity contribution in [2.45, 2.75) is 0 Å². The summed E-state index contributed by atoms with van der Waals surface area (Å²) in [7, 11) is 0. The molecule has 0 radical (unpaired) electrons. The highest BCUT2D eigenvalue weighted by Gasteiger charge is 2.11. The molecule has 2 aromatic carbocycles. The summed E-state index contributed by atoms with van der Waals surface area (Å²) in [6, 6.07) is 16.7. The first-order valence-corrected chi connectivity index (χ1v) is 6.77. The number of aromatic nitrogens is 2. The largest absolute Gasteiger partial charge is 0.384 e. The van der Waals surface area contributed by atoms with Crippen molar-refractivity contribution in [2.24, 2.45) is 0 Å². The lowest BCUT2D eigenvalue weighted by molar-refractivity contribution is 0.895. The van der Waals surface area contributed by atoms with Crippen molar-refractivity contribution in [3.8, 4) is 16.9 Å². The van der Waals surface area contributed by atoms with Crippen molar-refractivity contribution >= 4 is 29.0 Å². The minimum atomic E-state index is 0.530. The zero-order valence-electron chi connectivity index (χ0n) is 10.4. The van der Waals surface area contributed by atoms with E-state index in [1.807, 2.05) is 36.4 Å². The van der Waals surface area contributed by atoms with Crippen molar-refractivity contribution in [1.29, 1.82) is 0 Å². The summed E-state index contributed by atoms with van der Waals surface area (Å²) in [5.74, 6) is 0.530. The molecular formula is C15H11Cl2N3. The van der Waals surface area contributed by atoms with Gasteiger partial charge in [0.1, 0.15) is 5.82 Å². The van der Waals surface area contributed by atoms with Crippen LogP contribution < -0.4 is 5.73 Å². The standard InChI is InChI=1S/C15H11Cl2N3/c16-10-4-3-5-11(8-10)20-15(18)9-14(19-20)12-6-1-2-7-13(12)17/h1-9H,18H2. The van der Waals surface area contributed by atoms with Crippen LogP contribution in [0, 0.1) is 0 Å². The van der Waals surface area contributed by atoms with Gasteiger partial charge in [0.2, 0.25) is 0 Å². The van der Waals surface area contributed by atoms with Crippen molar-refractivity contribution in [2.75, 3.05) is 5.73 Å². The van der Waals surface area contributed by atoms with E-state index in [4.69, 9.17) is 28.9 Å². The zero-order chi connectivity index (χ0) is 14.1. The van der Waals surface area contributed by atoms with E-state index in [0.717, 1.165) is 16.9 Å². The van der Waals surface area contributed by atoms with Gasteiger partial charge in [-0.3, -0.25) is 0 Å². The van der Waals surface area contributed by atoms with Crippen LogP contribution in [0.1, 0.15) is 0 Å². The topological polar surface area (TPSA) is 43.8 Å². The molecule has 20 heavy (non-hydrogen) atoms. The summed E-state index contributed by atoms with van der Waals surface area (Å²) in [6.07, 6.45) is 0. The Balaban J connectivity index is 2.10. The first-order valence-electron chi connectivity index (χ1n) is 6.01. The van der Waals surface area contributed by atoms with Gasteiger partial charge in [-0.05, 0) is 24.3 Å². The Kier molecular flexibility index (Phi) is 3.38. The Hall–Kier alpha value is -1.97. The molecule has 1 heterocycles. The molecule has 0 saturated carbocycles. The third-order valence-corrected chi connectivity index (χ3v) is 3.50. The Bertz CT molecular complexity index is 765. The van der Waals surface area contributed by atoms with E-state index in [0.29, 0.717) is 15.9 Å². The highest BCUT2D eigenvalue weighted by atomic mass is 35.5.